The summed E-state index contributed by atoms with van der Waals surface area (Å²) in [5, 5.41) is 0. The molecule has 3 heteroatoms. The van der Waals surface area contributed by atoms with Crippen LogP contribution >= 0.6 is 0 Å². The summed E-state index contributed by atoms with van der Waals surface area (Å²) in [6.07, 6.45) is 18.2. The summed E-state index contributed by atoms with van der Waals surface area (Å²) in [5.41, 5.74) is 1.35. The topological polar surface area (TPSA) is 18.5 Å². The third kappa shape index (κ3) is 7.87. The molecule has 2 atom stereocenters. The fourth-order valence-corrected chi connectivity index (χ4v) is 19.5. The predicted molar refractivity (Wildman–Crippen MR) is 138 cm³/mol. The van der Waals surface area contributed by atoms with Crippen LogP contribution < -0.4 is 9.47 Å². The van der Waals surface area contributed by atoms with Gasteiger partial charge in [0.15, 0.2) is 0 Å². The van der Waals surface area contributed by atoms with Crippen molar-refractivity contribution in [1.82, 2.24) is 0 Å². The van der Waals surface area contributed by atoms with Gasteiger partial charge in [0, 0.05) is 0 Å². The van der Waals surface area contributed by atoms with Crippen LogP contribution in [0.2, 0.25) is 13.3 Å². The summed E-state index contributed by atoms with van der Waals surface area (Å²) in [4.78, 5) is 0. The normalized spacial score (nSPS) is 19.1. The first-order valence-corrected chi connectivity index (χ1v) is 20.4. The molecule has 2 rings (SSSR count). The third-order valence-corrected chi connectivity index (χ3v) is 21.2. The van der Waals surface area contributed by atoms with Crippen LogP contribution in [0.5, 0.6) is 11.5 Å². The van der Waals surface area contributed by atoms with Crippen LogP contribution in [0.25, 0.3) is 0 Å². The van der Waals surface area contributed by atoms with Crippen molar-refractivity contribution in [1.29, 1.82) is 0 Å². The molecule has 0 aliphatic heterocycles. The third-order valence-electron chi connectivity index (χ3n) is 7.05. The molecule has 0 N–H and O–H groups in total. The van der Waals surface area contributed by atoms with Gasteiger partial charge in [-0.15, -0.1) is 0 Å². The van der Waals surface area contributed by atoms with Crippen LogP contribution in [-0.2, 0) is 0 Å². The molecule has 1 aromatic rings. The summed E-state index contributed by atoms with van der Waals surface area (Å²) >= 11 is -2.24. The number of allylic oxidation sites excluding steroid dienone is 3. The van der Waals surface area contributed by atoms with Gasteiger partial charge in [0.25, 0.3) is 0 Å². The molecular formula is C28H46O2Sn. The van der Waals surface area contributed by atoms with Crippen molar-refractivity contribution >= 4 is 18.4 Å². The molecule has 1 aromatic carbocycles. The second-order valence-electron chi connectivity index (χ2n) is 9.34. The molecule has 0 bridgehead atoms. The zero-order chi connectivity index (χ0) is 22.5. The Morgan fingerprint density at radius 2 is 1.52 bits per heavy atom. The molecule has 1 aliphatic rings. The van der Waals surface area contributed by atoms with Crippen molar-refractivity contribution in [2.24, 2.45) is 5.92 Å². The maximum atomic E-state index is 5.59. The van der Waals surface area contributed by atoms with Gasteiger partial charge in [-0.1, -0.05) is 0 Å². The molecule has 0 amide bonds. The first-order chi connectivity index (χ1) is 15.1. The maximum absolute atomic E-state index is 5.59. The van der Waals surface area contributed by atoms with Crippen molar-refractivity contribution in [2.75, 3.05) is 14.2 Å². The Bertz CT molecular complexity index is 672. The summed E-state index contributed by atoms with van der Waals surface area (Å²) in [6, 6.07) is 6.47. The second kappa shape index (κ2) is 14.3. The second-order valence-corrected chi connectivity index (χ2v) is 22.4. The first-order valence-electron chi connectivity index (χ1n) is 12.7. The molecule has 0 spiro atoms. The van der Waals surface area contributed by atoms with E-state index in [0.717, 1.165) is 11.5 Å². The van der Waals surface area contributed by atoms with E-state index >= 15 is 0 Å². The standard InChI is InChI=1S/C16H19O2.3C4H9.Sn/c1-4-12-7-5-6-8-14(12)13-9-10-15(17-2)16(11-13)18-3;3*1-3-4-2;/h1,4,6,8-12,14H,5,7H2,2-3H3;3*1,3-4H2,2H3;/t12-,14-;;;;/m0..../s1. The molecule has 0 unspecified atom stereocenters. The van der Waals surface area contributed by atoms with Gasteiger partial charge in [-0.05, 0) is 0 Å². The number of unbranched alkanes of at least 4 members (excludes halogenated alkanes) is 3. The van der Waals surface area contributed by atoms with Crippen molar-refractivity contribution in [3.63, 3.8) is 0 Å². The molecule has 31 heavy (non-hydrogen) atoms. The van der Waals surface area contributed by atoms with Gasteiger partial charge in [-0.2, -0.15) is 0 Å². The number of hydrogen-bond donors (Lipinski definition) is 0. The molecule has 174 valence electrons. The summed E-state index contributed by atoms with van der Waals surface area (Å²) in [6.45, 7) is 7.08. The Morgan fingerprint density at radius 3 is 2.06 bits per heavy atom. The molecule has 0 aromatic heterocycles. The van der Waals surface area contributed by atoms with E-state index in [4.69, 9.17) is 9.47 Å². The van der Waals surface area contributed by atoms with Crippen LogP contribution in [0.3, 0.4) is 0 Å². The summed E-state index contributed by atoms with van der Waals surface area (Å²) < 4.78 is 18.6. The Labute approximate surface area is 196 Å². The molecule has 0 saturated carbocycles. The molecule has 2 nitrogen and oxygen atoms in total. The molecule has 0 radical (unpaired) electrons. The van der Waals surface area contributed by atoms with Gasteiger partial charge in [0.05, 0.1) is 0 Å². The molecule has 0 heterocycles. The van der Waals surface area contributed by atoms with Crippen molar-refractivity contribution < 1.29 is 9.47 Å². The molecule has 0 saturated heterocycles. The number of methoxy groups -OCH3 is 2. The van der Waals surface area contributed by atoms with E-state index in [1.54, 1.807) is 27.5 Å². The van der Waals surface area contributed by atoms with E-state index in [1.165, 1.54) is 56.9 Å². The predicted octanol–water partition coefficient (Wildman–Crippen LogP) is 8.70. The van der Waals surface area contributed by atoms with Gasteiger partial charge in [-0.3, -0.25) is 0 Å². The fraction of sp³-hybridized carbons (Fsp3) is 0.643. The number of rotatable bonds is 14. The van der Waals surface area contributed by atoms with Crippen LogP contribution in [0.4, 0.5) is 0 Å². The van der Waals surface area contributed by atoms with Gasteiger partial charge in [-0.25, -0.2) is 0 Å². The van der Waals surface area contributed by atoms with E-state index in [0.29, 0.717) is 11.8 Å². The minimum absolute atomic E-state index is 0.442. The van der Waals surface area contributed by atoms with Crippen LogP contribution in [0.15, 0.2) is 40.5 Å². The first kappa shape index (κ1) is 26.4. The van der Waals surface area contributed by atoms with Gasteiger partial charge >= 0.3 is 197 Å². The van der Waals surface area contributed by atoms with Crippen molar-refractivity contribution in [3.05, 3.63) is 46.1 Å². The average Bonchev–Trinajstić information content (AvgIpc) is 2.82. The Hall–Kier alpha value is -0.901. The van der Waals surface area contributed by atoms with E-state index in [1.807, 2.05) is 0 Å². The Balaban J connectivity index is 2.30. The van der Waals surface area contributed by atoms with E-state index < -0.39 is 18.4 Å². The summed E-state index contributed by atoms with van der Waals surface area (Å²) in [5.74, 6) is 2.69. The van der Waals surface area contributed by atoms with Gasteiger partial charge in [0.2, 0.25) is 0 Å². The fourth-order valence-electron chi connectivity index (χ4n) is 5.03. The minimum atomic E-state index is -2.24. The molecule has 0 fully saturated rings. The van der Waals surface area contributed by atoms with Gasteiger partial charge in [0.1, 0.15) is 0 Å². The SMILES string of the molecule is CCC[CH2][Sn](/[CH]=C/[C@H]1CCC=C[C@@H]1c1ccc(OC)c(OC)c1)([CH2]CCC)[CH2]CCC. The molecular weight excluding hydrogens is 487 g/mol. The zero-order valence-electron chi connectivity index (χ0n) is 20.8. The van der Waals surface area contributed by atoms with Crippen LogP contribution in [0.1, 0.15) is 83.6 Å². The van der Waals surface area contributed by atoms with Crippen molar-refractivity contribution in [3.8, 4) is 11.5 Å². The average molecular weight is 533 g/mol. The quantitative estimate of drug-likeness (QED) is 0.176. The monoisotopic (exact) mass is 534 g/mol. The van der Waals surface area contributed by atoms with E-state index in [2.05, 4.69) is 61.3 Å². The molecule has 1 aliphatic carbocycles. The Kier molecular flexibility index (Phi) is 12.1. The van der Waals surface area contributed by atoms with E-state index in [9.17, 15) is 0 Å². The van der Waals surface area contributed by atoms with Gasteiger partial charge < -0.3 is 0 Å². The number of hydrogen-bond acceptors (Lipinski definition) is 2. The van der Waals surface area contributed by atoms with Crippen molar-refractivity contribution in [2.45, 2.75) is 91.4 Å². The van der Waals surface area contributed by atoms with Crippen LogP contribution in [0, 0.1) is 5.92 Å². The van der Waals surface area contributed by atoms with Crippen LogP contribution in [-0.4, -0.2) is 32.6 Å². The summed E-state index contributed by atoms with van der Waals surface area (Å²) in [7, 11) is 3.44. The van der Waals surface area contributed by atoms with E-state index in [-0.39, 0.29) is 0 Å². The number of ether oxygens (including phenoxy) is 2. The Morgan fingerprint density at radius 1 is 0.903 bits per heavy atom. The zero-order valence-corrected chi connectivity index (χ0v) is 23.6. The number of benzene rings is 1.